The Morgan fingerprint density at radius 2 is 1.92 bits per heavy atom. The van der Waals surface area contributed by atoms with Crippen LogP contribution in [-0.4, -0.2) is 89.7 Å². The van der Waals surface area contributed by atoms with Gasteiger partial charge in [-0.25, -0.2) is 15.0 Å². The summed E-state index contributed by atoms with van der Waals surface area (Å²) in [6.07, 6.45) is -1.52. The predicted molar refractivity (Wildman–Crippen MR) is 130 cm³/mol. The molecule has 13 nitrogen and oxygen atoms in total. The Labute approximate surface area is 211 Å². The number of aliphatic hydroxyl groups is 2. The van der Waals surface area contributed by atoms with Gasteiger partial charge in [-0.2, -0.15) is 5.26 Å². The number of aromatic nitrogens is 4. The van der Waals surface area contributed by atoms with Gasteiger partial charge in [0.1, 0.15) is 36.2 Å². The van der Waals surface area contributed by atoms with Crippen LogP contribution in [0.5, 0.6) is 0 Å². The van der Waals surface area contributed by atoms with E-state index in [4.69, 9.17) is 26.6 Å². The van der Waals surface area contributed by atoms with Gasteiger partial charge in [0.05, 0.1) is 24.5 Å². The molecule has 0 unspecified atom stereocenters. The van der Waals surface area contributed by atoms with Crippen LogP contribution in [0.15, 0.2) is 36.9 Å². The molecule has 0 bridgehead atoms. The second-order valence-corrected chi connectivity index (χ2v) is 8.59. The summed E-state index contributed by atoms with van der Waals surface area (Å²) in [7, 11) is 0. The smallest absolute Gasteiger partial charge is 0.320 e. The fraction of sp³-hybridized carbons (Fsp3) is 0.375. The van der Waals surface area contributed by atoms with Crippen LogP contribution in [0.3, 0.4) is 0 Å². The van der Waals surface area contributed by atoms with Gasteiger partial charge in [-0.05, 0) is 30.7 Å². The van der Waals surface area contributed by atoms with Crippen molar-refractivity contribution in [3.63, 3.8) is 0 Å². The number of nitrogens with two attached hydrogens (primary N) is 2. The molecule has 4 rings (SSSR count). The summed E-state index contributed by atoms with van der Waals surface area (Å²) >= 11 is 0. The number of rotatable bonds is 8. The highest BCUT2D eigenvalue weighted by Gasteiger charge is 2.44. The number of carbonyl (C=O) groups is 1. The highest BCUT2D eigenvalue weighted by atomic mass is 16.6. The number of nitriles is 1. The number of fused-ring (bicyclic) bond motifs is 1. The summed E-state index contributed by atoms with van der Waals surface area (Å²) in [4.78, 5) is 25.2. The van der Waals surface area contributed by atoms with E-state index in [1.54, 1.807) is 29.2 Å². The Balaban J connectivity index is 1.49. The molecule has 0 spiro atoms. The van der Waals surface area contributed by atoms with Gasteiger partial charge in [-0.1, -0.05) is 11.8 Å². The number of ether oxygens (including phenoxy) is 1. The molecule has 1 aliphatic heterocycles. The number of imidazole rings is 1. The number of benzene rings is 1. The molecular weight excluding hydrogens is 480 g/mol. The van der Waals surface area contributed by atoms with Crippen LogP contribution >= 0.6 is 0 Å². The Bertz CT molecular complexity index is 1360. The van der Waals surface area contributed by atoms with Crippen molar-refractivity contribution >= 4 is 23.0 Å². The summed E-state index contributed by atoms with van der Waals surface area (Å²) in [5.74, 6) is 5.07. The molecule has 7 N–H and O–H groups in total. The number of nitrogen functional groups attached to an aromatic ring is 1. The lowest BCUT2D eigenvalue weighted by atomic mass is 10.1. The molecule has 192 valence electrons. The van der Waals surface area contributed by atoms with Gasteiger partial charge in [-0.3, -0.25) is 14.3 Å². The Morgan fingerprint density at radius 3 is 2.62 bits per heavy atom. The first kappa shape index (κ1) is 26.0. The van der Waals surface area contributed by atoms with Crippen molar-refractivity contribution in [3.05, 3.63) is 48.0 Å². The van der Waals surface area contributed by atoms with Gasteiger partial charge in [0.2, 0.25) is 0 Å². The number of aliphatic hydroxyl groups excluding tert-OH is 2. The number of carboxylic acid groups (broad SMARTS) is 1. The van der Waals surface area contributed by atoms with E-state index in [0.717, 1.165) is 0 Å². The van der Waals surface area contributed by atoms with E-state index in [0.29, 0.717) is 22.3 Å². The Morgan fingerprint density at radius 1 is 1.19 bits per heavy atom. The number of hydrogen-bond acceptors (Lipinski definition) is 11. The van der Waals surface area contributed by atoms with Crippen molar-refractivity contribution in [2.45, 2.75) is 37.0 Å². The third kappa shape index (κ3) is 5.83. The zero-order chi connectivity index (χ0) is 26.5. The molecule has 13 heteroatoms. The summed E-state index contributed by atoms with van der Waals surface area (Å²) in [6.45, 7) is 0.630. The zero-order valence-corrected chi connectivity index (χ0v) is 19.7. The van der Waals surface area contributed by atoms with Gasteiger partial charge < -0.3 is 31.5 Å². The first-order valence-corrected chi connectivity index (χ1v) is 11.4. The molecule has 0 aliphatic carbocycles. The molecule has 1 saturated heterocycles. The highest BCUT2D eigenvalue weighted by Crippen LogP contribution is 2.32. The Kier molecular flexibility index (Phi) is 7.93. The van der Waals surface area contributed by atoms with Crippen molar-refractivity contribution in [1.82, 2.24) is 24.4 Å². The number of aliphatic carboxylic acids is 1. The average molecular weight is 507 g/mol. The second-order valence-electron chi connectivity index (χ2n) is 8.59. The first-order chi connectivity index (χ1) is 17.8. The molecule has 37 heavy (non-hydrogen) atoms. The van der Waals surface area contributed by atoms with Gasteiger partial charge in [0, 0.05) is 18.7 Å². The minimum atomic E-state index is -1.29. The van der Waals surface area contributed by atoms with Crippen LogP contribution < -0.4 is 11.5 Å². The normalized spacial score (nSPS) is 21.9. The molecule has 0 amide bonds. The molecule has 3 aromatic rings. The lowest BCUT2D eigenvalue weighted by molar-refractivity contribution is -0.138. The maximum atomic E-state index is 11.2. The monoisotopic (exact) mass is 506 g/mol. The third-order valence-electron chi connectivity index (χ3n) is 6.06. The topological polar surface area (TPSA) is 210 Å². The van der Waals surface area contributed by atoms with E-state index in [1.165, 1.54) is 17.2 Å². The lowest BCUT2D eigenvalue weighted by Gasteiger charge is -2.25. The number of carboxylic acids is 1. The van der Waals surface area contributed by atoms with Crippen LogP contribution in [0, 0.1) is 23.2 Å². The minimum Gasteiger partial charge on any atom is -0.480 e. The second kappa shape index (κ2) is 11.3. The standard InChI is InChI=1S/C24H26N8O5/c25-10-15-5-3-14(4-6-15)2-1-8-31(9-7-16(26)24(35)36)11-17-19(33)20(34)23(37-17)32-13-30-18-21(27)28-12-29-22(18)32/h3-6,12-13,16-17,19-20,23,33-34H,7-9,11,26H2,(H,35,36)(H2,27,28,29)/t16-,17+,19+,20+,23+/m0/s1. The van der Waals surface area contributed by atoms with E-state index in [2.05, 4.69) is 26.8 Å². The van der Waals surface area contributed by atoms with Crippen LogP contribution in [-0.2, 0) is 9.53 Å². The van der Waals surface area contributed by atoms with E-state index >= 15 is 0 Å². The molecule has 5 atom stereocenters. The van der Waals surface area contributed by atoms with Crippen LogP contribution in [0.1, 0.15) is 23.8 Å². The van der Waals surface area contributed by atoms with Crippen LogP contribution in [0.4, 0.5) is 5.82 Å². The summed E-state index contributed by atoms with van der Waals surface area (Å²) in [5, 5.41) is 39.6. The molecule has 1 aromatic carbocycles. The van der Waals surface area contributed by atoms with Gasteiger partial charge >= 0.3 is 5.97 Å². The largest absolute Gasteiger partial charge is 0.480 e. The summed E-state index contributed by atoms with van der Waals surface area (Å²) < 4.78 is 7.49. The van der Waals surface area contributed by atoms with Crippen molar-refractivity contribution < 1.29 is 24.9 Å². The fourth-order valence-electron chi connectivity index (χ4n) is 3.98. The van der Waals surface area contributed by atoms with Crippen molar-refractivity contribution in [2.75, 3.05) is 25.4 Å². The lowest BCUT2D eigenvalue weighted by Crippen LogP contribution is -2.42. The molecule has 2 aromatic heterocycles. The maximum absolute atomic E-state index is 11.2. The molecule has 3 heterocycles. The molecular formula is C24H26N8O5. The van der Waals surface area contributed by atoms with Gasteiger partial charge in [-0.15, -0.1) is 0 Å². The molecule has 1 aliphatic rings. The zero-order valence-electron chi connectivity index (χ0n) is 19.7. The highest BCUT2D eigenvalue weighted by molar-refractivity contribution is 5.81. The van der Waals surface area contributed by atoms with E-state index < -0.39 is 36.6 Å². The van der Waals surface area contributed by atoms with E-state index in [1.807, 2.05) is 6.07 Å². The summed E-state index contributed by atoms with van der Waals surface area (Å²) in [5.41, 5.74) is 13.4. The SMILES string of the molecule is N#Cc1ccc(C#CCN(CC[C@H](N)C(=O)O)C[C@H]2O[C@@H](n3cnc4c(N)ncnc43)[C@H](O)[C@@H]2O)cc1. The molecule has 0 radical (unpaired) electrons. The van der Waals surface area contributed by atoms with E-state index in [9.17, 15) is 15.0 Å². The minimum absolute atomic E-state index is 0.144. The number of anilines is 1. The quantitative estimate of drug-likeness (QED) is 0.234. The molecule has 0 saturated carbocycles. The van der Waals surface area contributed by atoms with Crippen LogP contribution in [0.25, 0.3) is 11.2 Å². The van der Waals surface area contributed by atoms with Gasteiger partial charge in [0.25, 0.3) is 0 Å². The number of hydrogen-bond donors (Lipinski definition) is 5. The van der Waals surface area contributed by atoms with Crippen molar-refractivity contribution in [2.24, 2.45) is 5.73 Å². The average Bonchev–Trinajstić information content (AvgIpc) is 3.44. The van der Waals surface area contributed by atoms with Crippen molar-refractivity contribution in [1.29, 1.82) is 5.26 Å². The fourth-order valence-corrected chi connectivity index (χ4v) is 3.98. The van der Waals surface area contributed by atoms with Crippen LogP contribution in [0.2, 0.25) is 0 Å². The summed E-state index contributed by atoms with van der Waals surface area (Å²) in [6, 6.07) is 7.76. The van der Waals surface area contributed by atoms with E-state index in [-0.39, 0.29) is 31.9 Å². The molecule has 1 fully saturated rings. The maximum Gasteiger partial charge on any atom is 0.320 e. The first-order valence-electron chi connectivity index (χ1n) is 11.4. The predicted octanol–water partition coefficient (Wildman–Crippen LogP) is -0.945. The Hall–Kier alpha value is -4.11. The van der Waals surface area contributed by atoms with Gasteiger partial charge in [0.15, 0.2) is 17.7 Å². The van der Waals surface area contributed by atoms with Crippen molar-refractivity contribution in [3.8, 4) is 17.9 Å². The number of nitrogens with zero attached hydrogens (tertiary/aromatic N) is 6. The third-order valence-corrected chi connectivity index (χ3v) is 6.06.